The Labute approximate surface area is 176 Å². The highest BCUT2D eigenvalue weighted by atomic mass is 32.2. The van der Waals surface area contributed by atoms with Crippen molar-refractivity contribution in [2.75, 3.05) is 0 Å². The van der Waals surface area contributed by atoms with Gasteiger partial charge in [0.25, 0.3) is 5.91 Å². The van der Waals surface area contributed by atoms with E-state index in [0.29, 0.717) is 0 Å². The lowest BCUT2D eigenvalue weighted by Crippen LogP contribution is -2.32. The lowest BCUT2D eigenvalue weighted by molar-refractivity contribution is -0.137. The van der Waals surface area contributed by atoms with Gasteiger partial charge in [0.15, 0.2) is 5.84 Å². The van der Waals surface area contributed by atoms with Crippen molar-refractivity contribution in [2.45, 2.75) is 11.1 Å². The predicted molar refractivity (Wildman–Crippen MR) is 107 cm³/mol. The Morgan fingerprint density at radius 1 is 0.839 bits per heavy atom. The zero-order chi connectivity index (χ0) is 22.5. The van der Waals surface area contributed by atoms with Crippen LogP contribution in [-0.4, -0.2) is 20.2 Å². The number of oxime groups is 1. The van der Waals surface area contributed by atoms with Crippen molar-refractivity contribution in [3.05, 3.63) is 102 Å². The predicted octanol–water partition coefficient (Wildman–Crippen LogP) is 4.20. The molecule has 0 saturated carbocycles. The molecule has 6 nitrogen and oxygen atoms in total. The fraction of sp³-hybridized carbons (Fsp3) is 0.0476. The summed E-state index contributed by atoms with van der Waals surface area (Å²) in [7, 11) is -4.36. The van der Waals surface area contributed by atoms with Gasteiger partial charge in [-0.05, 0) is 41.6 Å². The highest BCUT2D eigenvalue weighted by Gasteiger charge is 2.31. The summed E-state index contributed by atoms with van der Waals surface area (Å²) in [5.74, 6) is -1.21. The lowest BCUT2D eigenvalue weighted by Gasteiger charge is -2.12. The van der Waals surface area contributed by atoms with E-state index in [4.69, 9.17) is 0 Å². The molecule has 10 heteroatoms. The zero-order valence-electron chi connectivity index (χ0n) is 15.7. The molecule has 0 aromatic heterocycles. The van der Waals surface area contributed by atoms with E-state index >= 15 is 0 Å². The van der Waals surface area contributed by atoms with Crippen LogP contribution in [0.15, 0.2) is 95.0 Å². The molecular formula is C21H15F3N2O4S. The third-order valence-electron chi connectivity index (χ3n) is 3.99. The number of halogens is 3. The van der Waals surface area contributed by atoms with Gasteiger partial charge in [0.2, 0.25) is 0 Å². The summed E-state index contributed by atoms with van der Waals surface area (Å²) in [4.78, 5) is 12.3. The Morgan fingerprint density at radius 3 is 2.03 bits per heavy atom. The largest absolute Gasteiger partial charge is 0.416 e. The van der Waals surface area contributed by atoms with Crippen molar-refractivity contribution >= 4 is 21.9 Å². The summed E-state index contributed by atoms with van der Waals surface area (Å²) >= 11 is 0. The van der Waals surface area contributed by atoms with E-state index in [1.54, 1.807) is 24.3 Å². The minimum atomic E-state index is -4.65. The van der Waals surface area contributed by atoms with Crippen molar-refractivity contribution in [2.24, 2.45) is 5.16 Å². The van der Waals surface area contributed by atoms with Crippen molar-refractivity contribution < 1.29 is 30.7 Å². The first kappa shape index (κ1) is 22.0. The number of carbonyl (C=O) groups is 1. The monoisotopic (exact) mass is 448 g/mol. The minimum absolute atomic E-state index is 0.188. The van der Waals surface area contributed by atoms with E-state index in [1.807, 2.05) is 0 Å². The SMILES string of the molecule is O=C(N/C(=N\OS(=O)(=O)c1ccccc1)c1cccc(C(F)(F)F)c1)c1ccccc1. The summed E-state index contributed by atoms with van der Waals surface area (Å²) < 4.78 is 68.6. The highest BCUT2D eigenvalue weighted by molar-refractivity contribution is 7.86. The molecule has 0 radical (unpaired) electrons. The van der Waals surface area contributed by atoms with E-state index in [1.165, 1.54) is 42.5 Å². The summed E-state index contributed by atoms with van der Waals surface area (Å²) in [6, 6.07) is 18.7. The number of benzene rings is 3. The molecule has 3 aromatic rings. The first-order chi connectivity index (χ1) is 14.7. The molecule has 3 rings (SSSR count). The van der Waals surface area contributed by atoms with Gasteiger partial charge in [-0.1, -0.05) is 48.5 Å². The Bertz CT molecular complexity index is 1200. The maximum Gasteiger partial charge on any atom is 0.416 e. The summed E-state index contributed by atoms with van der Waals surface area (Å²) in [5, 5.41) is 5.77. The maximum atomic E-state index is 13.1. The van der Waals surface area contributed by atoms with Gasteiger partial charge in [-0.2, -0.15) is 21.6 Å². The molecular weight excluding hydrogens is 433 g/mol. The van der Waals surface area contributed by atoms with Crippen LogP contribution in [0.5, 0.6) is 0 Å². The fourth-order valence-electron chi connectivity index (χ4n) is 2.48. The second-order valence-corrected chi connectivity index (χ2v) is 7.71. The van der Waals surface area contributed by atoms with Crippen LogP contribution in [0.1, 0.15) is 21.5 Å². The molecule has 3 aromatic carbocycles. The van der Waals surface area contributed by atoms with Crippen LogP contribution in [0.4, 0.5) is 13.2 Å². The summed E-state index contributed by atoms with van der Waals surface area (Å²) in [6.07, 6.45) is -4.65. The minimum Gasteiger partial charge on any atom is -0.303 e. The van der Waals surface area contributed by atoms with Gasteiger partial charge < -0.3 is 5.32 Å². The molecule has 0 aliphatic rings. The van der Waals surface area contributed by atoms with Crippen LogP contribution in [0, 0.1) is 0 Å². The van der Waals surface area contributed by atoms with Crippen LogP contribution in [0.25, 0.3) is 0 Å². The van der Waals surface area contributed by atoms with Crippen LogP contribution in [0.2, 0.25) is 0 Å². The molecule has 0 bridgehead atoms. The fourth-order valence-corrected chi connectivity index (χ4v) is 3.23. The van der Waals surface area contributed by atoms with E-state index < -0.39 is 33.6 Å². The third-order valence-corrected chi connectivity index (χ3v) is 5.11. The normalized spacial score (nSPS) is 12.3. The number of carbonyl (C=O) groups excluding carboxylic acids is 1. The van der Waals surface area contributed by atoms with Crippen molar-refractivity contribution in [3.63, 3.8) is 0 Å². The standard InChI is InChI=1S/C21H15F3N2O4S/c22-21(23,24)17-11-7-10-16(14-17)19(25-20(27)15-8-3-1-4-9-15)26-30-31(28,29)18-12-5-2-6-13-18/h1-14H,(H,25,26,27). The Morgan fingerprint density at radius 2 is 1.42 bits per heavy atom. The van der Waals surface area contributed by atoms with Crippen LogP contribution >= 0.6 is 0 Å². The molecule has 31 heavy (non-hydrogen) atoms. The van der Waals surface area contributed by atoms with Gasteiger partial charge in [0.1, 0.15) is 4.90 Å². The van der Waals surface area contributed by atoms with Gasteiger partial charge in [-0.3, -0.25) is 9.08 Å². The topological polar surface area (TPSA) is 84.8 Å². The molecule has 0 aliphatic carbocycles. The Balaban J connectivity index is 1.98. The molecule has 0 atom stereocenters. The number of hydrogen-bond donors (Lipinski definition) is 1. The van der Waals surface area contributed by atoms with Gasteiger partial charge in [-0.15, -0.1) is 0 Å². The smallest absolute Gasteiger partial charge is 0.303 e. The molecule has 160 valence electrons. The number of hydrogen-bond acceptors (Lipinski definition) is 5. The van der Waals surface area contributed by atoms with E-state index in [-0.39, 0.29) is 16.0 Å². The molecule has 0 unspecified atom stereocenters. The second kappa shape index (κ2) is 9.00. The van der Waals surface area contributed by atoms with Crippen LogP contribution in [-0.2, 0) is 20.6 Å². The van der Waals surface area contributed by atoms with Crippen LogP contribution < -0.4 is 5.32 Å². The molecule has 0 saturated heterocycles. The average molecular weight is 448 g/mol. The van der Waals surface area contributed by atoms with Gasteiger partial charge in [0, 0.05) is 11.1 Å². The quantitative estimate of drug-likeness (QED) is 0.360. The number of nitrogens with one attached hydrogen (secondary N) is 1. The van der Waals surface area contributed by atoms with Crippen molar-refractivity contribution in [1.82, 2.24) is 5.32 Å². The third kappa shape index (κ3) is 5.70. The van der Waals surface area contributed by atoms with Crippen LogP contribution in [0.3, 0.4) is 0 Å². The first-order valence-electron chi connectivity index (χ1n) is 8.77. The summed E-state index contributed by atoms with van der Waals surface area (Å²) in [6.45, 7) is 0. The van der Waals surface area contributed by atoms with Gasteiger partial charge in [-0.25, -0.2) is 0 Å². The molecule has 0 fully saturated rings. The number of rotatable bonds is 5. The number of amidine groups is 1. The number of nitrogens with zero attached hydrogens (tertiary/aromatic N) is 1. The zero-order valence-corrected chi connectivity index (χ0v) is 16.5. The molecule has 1 N–H and O–H groups in total. The van der Waals surface area contributed by atoms with E-state index in [0.717, 1.165) is 18.2 Å². The van der Waals surface area contributed by atoms with Gasteiger partial charge >= 0.3 is 16.3 Å². The molecule has 0 aliphatic heterocycles. The number of alkyl halides is 3. The highest BCUT2D eigenvalue weighted by Crippen LogP contribution is 2.29. The molecule has 0 heterocycles. The second-order valence-electron chi connectivity index (χ2n) is 6.18. The summed E-state index contributed by atoms with van der Waals surface area (Å²) in [5.41, 5.74) is -1.01. The first-order valence-corrected chi connectivity index (χ1v) is 10.2. The molecule has 1 amide bonds. The Hall–Kier alpha value is -3.66. The van der Waals surface area contributed by atoms with E-state index in [9.17, 15) is 26.4 Å². The number of amides is 1. The molecule has 0 spiro atoms. The lowest BCUT2D eigenvalue weighted by atomic mass is 10.1. The van der Waals surface area contributed by atoms with E-state index in [2.05, 4.69) is 14.8 Å². The van der Waals surface area contributed by atoms with Crippen molar-refractivity contribution in [3.8, 4) is 0 Å². The average Bonchev–Trinajstić information content (AvgIpc) is 2.77. The van der Waals surface area contributed by atoms with Gasteiger partial charge in [0.05, 0.1) is 5.56 Å². The maximum absolute atomic E-state index is 13.1. The van der Waals surface area contributed by atoms with Crippen molar-refractivity contribution in [1.29, 1.82) is 0 Å². The Kier molecular flexibility index (Phi) is 6.40.